The van der Waals surface area contributed by atoms with Crippen molar-refractivity contribution in [2.75, 3.05) is 13.1 Å². The summed E-state index contributed by atoms with van der Waals surface area (Å²) in [6.07, 6.45) is 2.50. The van der Waals surface area contributed by atoms with E-state index in [1.807, 2.05) is 0 Å². The minimum Gasteiger partial charge on any atom is -0.481 e. The highest BCUT2D eigenvalue weighted by Crippen LogP contribution is 2.49. The summed E-state index contributed by atoms with van der Waals surface area (Å²) in [6.45, 7) is 0.775. The Labute approximate surface area is 136 Å². The number of aliphatic carboxylic acids is 1. The highest BCUT2D eigenvalue weighted by molar-refractivity contribution is 9.10. The van der Waals surface area contributed by atoms with E-state index in [4.69, 9.17) is 0 Å². The summed E-state index contributed by atoms with van der Waals surface area (Å²) >= 11 is 3.32. The van der Waals surface area contributed by atoms with E-state index in [0.717, 1.165) is 12.8 Å². The van der Waals surface area contributed by atoms with Gasteiger partial charge in [-0.05, 0) is 42.5 Å². The molecule has 0 aromatic heterocycles. The average Bonchev–Trinajstić information content (AvgIpc) is 3.00. The van der Waals surface area contributed by atoms with Crippen LogP contribution in [0.2, 0.25) is 0 Å². The van der Waals surface area contributed by atoms with Crippen LogP contribution in [0.3, 0.4) is 0 Å². The molecule has 0 spiro atoms. The lowest BCUT2D eigenvalue weighted by Crippen LogP contribution is -2.37. The number of halogens is 2. The molecule has 1 saturated heterocycles. The number of hydrogen-bond donors (Lipinski definition) is 1. The molecule has 1 aliphatic heterocycles. The Hall–Kier alpha value is -1.43. The molecule has 0 radical (unpaired) electrons. The standard InChI is InChI=1S/C16H17BrFNO3/c17-13-4-3-12(18)6-10(13)7-14(20)19-8-11-2-1-5-16(11,9-19)15(21)22/h3-4,6,11H,1-2,5,7-9H2,(H,21,22)/t11-,16+/m0/s1. The van der Waals surface area contributed by atoms with Crippen LogP contribution in [0.15, 0.2) is 22.7 Å². The maximum Gasteiger partial charge on any atom is 0.311 e. The van der Waals surface area contributed by atoms with Crippen LogP contribution in [0.1, 0.15) is 24.8 Å². The normalized spacial score (nSPS) is 27.0. The second-order valence-corrected chi connectivity index (χ2v) is 7.09. The van der Waals surface area contributed by atoms with Crippen LogP contribution < -0.4 is 0 Å². The number of carbonyl (C=O) groups is 2. The number of likely N-dealkylation sites (tertiary alicyclic amines) is 1. The summed E-state index contributed by atoms with van der Waals surface area (Å²) in [4.78, 5) is 25.7. The van der Waals surface area contributed by atoms with Gasteiger partial charge in [-0.3, -0.25) is 9.59 Å². The van der Waals surface area contributed by atoms with E-state index in [0.29, 0.717) is 23.0 Å². The van der Waals surface area contributed by atoms with Crippen molar-refractivity contribution in [3.8, 4) is 0 Å². The Morgan fingerprint density at radius 3 is 2.91 bits per heavy atom. The summed E-state index contributed by atoms with van der Waals surface area (Å²) in [5.41, 5.74) is -0.180. The molecule has 2 fully saturated rings. The SMILES string of the molecule is O=C(Cc1cc(F)ccc1Br)N1C[C@@H]2CCC[C@@]2(C(=O)O)C1. The molecule has 118 valence electrons. The van der Waals surface area contributed by atoms with Gasteiger partial charge in [0.25, 0.3) is 0 Å². The number of benzene rings is 1. The van der Waals surface area contributed by atoms with Crippen molar-refractivity contribution < 1.29 is 19.1 Å². The van der Waals surface area contributed by atoms with Crippen molar-refractivity contribution in [1.29, 1.82) is 0 Å². The molecule has 1 aromatic carbocycles. The molecular weight excluding hydrogens is 353 g/mol. The maximum atomic E-state index is 13.3. The zero-order chi connectivity index (χ0) is 15.9. The maximum absolute atomic E-state index is 13.3. The highest BCUT2D eigenvalue weighted by atomic mass is 79.9. The van der Waals surface area contributed by atoms with E-state index in [2.05, 4.69) is 15.9 Å². The number of fused-ring (bicyclic) bond motifs is 1. The summed E-state index contributed by atoms with van der Waals surface area (Å²) in [5.74, 6) is -1.27. The Balaban J connectivity index is 1.75. The van der Waals surface area contributed by atoms with Crippen molar-refractivity contribution >= 4 is 27.8 Å². The largest absolute Gasteiger partial charge is 0.481 e. The van der Waals surface area contributed by atoms with Gasteiger partial charge in [0.1, 0.15) is 5.82 Å². The Bertz CT molecular complexity index is 636. The number of hydrogen-bond acceptors (Lipinski definition) is 2. The minimum absolute atomic E-state index is 0.0462. The monoisotopic (exact) mass is 369 g/mol. The van der Waals surface area contributed by atoms with Gasteiger partial charge in [0.15, 0.2) is 0 Å². The van der Waals surface area contributed by atoms with E-state index < -0.39 is 11.4 Å². The van der Waals surface area contributed by atoms with Crippen LogP contribution in [-0.4, -0.2) is 35.0 Å². The number of rotatable bonds is 3. The molecule has 2 aliphatic rings. The Kier molecular flexibility index (Phi) is 3.97. The molecule has 3 rings (SSSR count). The van der Waals surface area contributed by atoms with Crippen LogP contribution in [0.25, 0.3) is 0 Å². The first-order chi connectivity index (χ1) is 10.4. The zero-order valence-corrected chi connectivity index (χ0v) is 13.6. The van der Waals surface area contributed by atoms with Gasteiger partial charge in [-0.2, -0.15) is 0 Å². The number of carboxylic acids is 1. The van der Waals surface area contributed by atoms with Crippen LogP contribution >= 0.6 is 15.9 Å². The summed E-state index contributed by atoms with van der Waals surface area (Å²) < 4.78 is 14.0. The summed E-state index contributed by atoms with van der Waals surface area (Å²) in [6, 6.07) is 4.25. The van der Waals surface area contributed by atoms with E-state index in [-0.39, 0.29) is 30.6 Å². The van der Waals surface area contributed by atoms with E-state index in [9.17, 15) is 19.1 Å². The average molecular weight is 370 g/mol. The minimum atomic E-state index is -0.794. The third-order valence-electron chi connectivity index (χ3n) is 5.00. The fourth-order valence-corrected chi connectivity index (χ4v) is 4.17. The molecule has 4 nitrogen and oxygen atoms in total. The molecule has 0 bridgehead atoms. The molecule has 1 saturated carbocycles. The summed E-state index contributed by atoms with van der Waals surface area (Å²) in [7, 11) is 0. The van der Waals surface area contributed by atoms with Gasteiger partial charge in [0, 0.05) is 17.6 Å². The lowest BCUT2D eigenvalue weighted by molar-refractivity contribution is -0.149. The van der Waals surface area contributed by atoms with Crippen molar-refractivity contribution in [2.24, 2.45) is 11.3 Å². The van der Waals surface area contributed by atoms with E-state index in [1.54, 1.807) is 11.0 Å². The van der Waals surface area contributed by atoms with Crippen LogP contribution in [0, 0.1) is 17.2 Å². The lowest BCUT2D eigenvalue weighted by Gasteiger charge is -2.23. The third-order valence-corrected chi connectivity index (χ3v) is 5.77. The molecule has 1 aromatic rings. The van der Waals surface area contributed by atoms with Gasteiger partial charge in [-0.25, -0.2) is 4.39 Å². The molecule has 22 heavy (non-hydrogen) atoms. The smallest absolute Gasteiger partial charge is 0.311 e. The van der Waals surface area contributed by atoms with Gasteiger partial charge >= 0.3 is 5.97 Å². The highest BCUT2D eigenvalue weighted by Gasteiger charge is 2.55. The summed E-state index contributed by atoms with van der Waals surface area (Å²) in [5, 5.41) is 9.55. The molecule has 6 heteroatoms. The number of amides is 1. The van der Waals surface area contributed by atoms with Gasteiger partial charge in [-0.15, -0.1) is 0 Å². The molecule has 1 amide bonds. The van der Waals surface area contributed by atoms with Crippen LogP contribution in [-0.2, 0) is 16.0 Å². The van der Waals surface area contributed by atoms with Crippen molar-refractivity contribution in [2.45, 2.75) is 25.7 Å². The first kappa shape index (κ1) is 15.5. The van der Waals surface area contributed by atoms with Crippen LogP contribution in [0.5, 0.6) is 0 Å². The number of carboxylic acid groups (broad SMARTS) is 1. The predicted octanol–water partition coefficient (Wildman–Crippen LogP) is 2.84. The molecule has 0 unspecified atom stereocenters. The Morgan fingerprint density at radius 1 is 1.45 bits per heavy atom. The second-order valence-electron chi connectivity index (χ2n) is 6.24. The molecular formula is C16H17BrFNO3. The quantitative estimate of drug-likeness (QED) is 0.890. The fraction of sp³-hybridized carbons (Fsp3) is 0.500. The third kappa shape index (κ3) is 2.53. The van der Waals surface area contributed by atoms with Gasteiger partial charge in [-0.1, -0.05) is 22.4 Å². The van der Waals surface area contributed by atoms with E-state index in [1.165, 1.54) is 12.1 Å². The van der Waals surface area contributed by atoms with Crippen molar-refractivity contribution in [1.82, 2.24) is 4.90 Å². The topological polar surface area (TPSA) is 57.6 Å². The van der Waals surface area contributed by atoms with Gasteiger partial charge in [0.05, 0.1) is 11.8 Å². The van der Waals surface area contributed by atoms with Crippen LogP contribution in [0.4, 0.5) is 4.39 Å². The zero-order valence-electron chi connectivity index (χ0n) is 12.0. The predicted molar refractivity (Wildman–Crippen MR) is 81.8 cm³/mol. The van der Waals surface area contributed by atoms with Gasteiger partial charge < -0.3 is 10.0 Å². The van der Waals surface area contributed by atoms with Gasteiger partial charge in [0.2, 0.25) is 5.91 Å². The lowest BCUT2D eigenvalue weighted by atomic mass is 9.81. The Morgan fingerprint density at radius 2 is 2.23 bits per heavy atom. The fourth-order valence-electron chi connectivity index (χ4n) is 3.78. The molecule has 1 N–H and O–H groups in total. The van der Waals surface area contributed by atoms with Crippen molar-refractivity contribution in [3.63, 3.8) is 0 Å². The molecule has 1 heterocycles. The molecule has 1 aliphatic carbocycles. The second kappa shape index (κ2) is 5.65. The number of carbonyl (C=O) groups excluding carboxylic acids is 1. The van der Waals surface area contributed by atoms with E-state index >= 15 is 0 Å². The molecule has 2 atom stereocenters. The first-order valence-corrected chi connectivity index (χ1v) is 8.17. The first-order valence-electron chi connectivity index (χ1n) is 7.37. The van der Waals surface area contributed by atoms with Crippen molar-refractivity contribution in [3.05, 3.63) is 34.1 Å². The number of nitrogens with zero attached hydrogens (tertiary/aromatic N) is 1.